The Morgan fingerprint density at radius 1 is 1.50 bits per heavy atom. The molecule has 0 bridgehead atoms. The van der Waals surface area contributed by atoms with E-state index in [4.69, 9.17) is 5.11 Å². The first-order valence-corrected chi connectivity index (χ1v) is 5.85. The zero-order valence-corrected chi connectivity index (χ0v) is 11.1. The number of rotatable bonds is 5. The highest BCUT2D eigenvalue weighted by Gasteiger charge is 2.23. The summed E-state index contributed by atoms with van der Waals surface area (Å²) in [7, 11) is 1.71. The standard InChI is InChI=1S/C12H19N3O3/c1-7(2)5-10(12(17)18)13-11(16)9-6-15(4)14-8(9)3/h6-7,10H,5H2,1-4H3,(H,13,16)(H,17,18)/t10-/m0/s1. The van der Waals surface area contributed by atoms with Gasteiger partial charge in [0.2, 0.25) is 0 Å². The summed E-state index contributed by atoms with van der Waals surface area (Å²) in [5, 5.41) is 15.6. The SMILES string of the molecule is Cc1nn(C)cc1C(=O)N[C@@H](CC(C)C)C(=O)O. The van der Waals surface area contributed by atoms with Gasteiger partial charge in [0.1, 0.15) is 6.04 Å². The molecule has 1 amide bonds. The Bertz CT molecular complexity index is 451. The van der Waals surface area contributed by atoms with Gasteiger partial charge >= 0.3 is 5.97 Å². The third kappa shape index (κ3) is 3.58. The number of aromatic nitrogens is 2. The minimum absolute atomic E-state index is 0.196. The van der Waals surface area contributed by atoms with Crippen molar-refractivity contribution in [1.82, 2.24) is 15.1 Å². The lowest BCUT2D eigenvalue weighted by Crippen LogP contribution is -2.41. The third-order valence-corrected chi connectivity index (χ3v) is 2.57. The average molecular weight is 253 g/mol. The molecule has 2 N–H and O–H groups in total. The van der Waals surface area contributed by atoms with Crippen molar-refractivity contribution in [2.75, 3.05) is 0 Å². The van der Waals surface area contributed by atoms with Crippen LogP contribution in [0.4, 0.5) is 0 Å². The fourth-order valence-electron chi connectivity index (χ4n) is 1.75. The molecule has 0 saturated heterocycles. The lowest BCUT2D eigenvalue weighted by atomic mass is 10.0. The smallest absolute Gasteiger partial charge is 0.326 e. The molecule has 100 valence electrons. The van der Waals surface area contributed by atoms with Crippen LogP contribution < -0.4 is 5.32 Å². The van der Waals surface area contributed by atoms with Crippen LogP contribution in [0.3, 0.4) is 0 Å². The number of carboxylic acids is 1. The number of hydrogen-bond acceptors (Lipinski definition) is 3. The van der Waals surface area contributed by atoms with Crippen molar-refractivity contribution in [3.63, 3.8) is 0 Å². The van der Waals surface area contributed by atoms with Crippen LogP contribution in [0.15, 0.2) is 6.20 Å². The molecular formula is C12H19N3O3. The second-order valence-corrected chi connectivity index (χ2v) is 4.80. The number of nitrogens with one attached hydrogen (secondary N) is 1. The fourth-order valence-corrected chi connectivity index (χ4v) is 1.75. The Balaban J connectivity index is 2.78. The molecule has 0 fully saturated rings. The normalized spacial score (nSPS) is 12.5. The van der Waals surface area contributed by atoms with Gasteiger partial charge in [-0.1, -0.05) is 13.8 Å². The van der Waals surface area contributed by atoms with Crippen LogP contribution in [-0.4, -0.2) is 32.8 Å². The highest BCUT2D eigenvalue weighted by molar-refractivity contribution is 5.97. The van der Waals surface area contributed by atoms with Crippen LogP contribution in [0.5, 0.6) is 0 Å². The molecule has 6 nitrogen and oxygen atoms in total. The molecule has 6 heteroatoms. The van der Waals surface area contributed by atoms with Gasteiger partial charge in [0.15, 0.2) is 0 Å². The third-order valence-electron chi connectivity index (χ3n) is 2.57. The maximum Gasteiger partial charge on any atom is 0.326 e. The molecule has 0 aliphatic carbocycles. The van der Waals surface area contributed by atoms with Crippen molar-refractivity contribution in [2.45, 2.75) is 33.2 Å². The number of aliphatic carboxylic acids is 1. The molecule has 0 aromatic carbocycles. The molecule has 0 aliphatic heterocycles. The number of nitrogens with zero attached hydrogens (tertiary/aromatic N) is 2. The van der Waals surface area contributed by atoms with E-state index in [2.05, 4.69) is 10.4 Å². The summed E-state index contributed by atoms with van der Waals surface area (Å²) in [6.45, 7) is 5.54. The van der Waals surface area contributed by atoms with E-state index in [0.717, 1.165) is 0 Å². The van der Waals surface area contributed by atoms with Crippen LogP contribution in [0, 0.1) is 12.8 Å². The summed E-state index contributed by atoms with van der Waals surface area (Å²) in [4.78, 5) is 23.0. The predicted molar refractivity (Wildman–Crippen MR) is 66.3 cm³/mol. The van der Waals surface area contributed by atoms with Gasteiger partial charge in [-0.15, -0.1) is 0 Å². The van der Waals surface area contributed by atoms with Crippen LogP contribution >= 0.6 is 0 Å². The number of hydrogen-bond donors (Lipinski definition) is 2. The van der Waals surface area contributed by atoms with Crippen molar-refractivity contribution in [3.05, 3.63) is 17.5 Å². The lowest BCUT2D eigenvalue weighted by Gasteiger charge is -2.16. The molecule has 0 unspecified atom stereocenters. The topological polar surface area (TPSA) is 84.2 Å². The van der Waals surface area contributed by atoms with E-state index in [0.29, 0.717) is 17.7 Å². The van der Waals surface area contributed by atoms with E-state index in [1.54, 1.807) is 20.2 Å². The molecule has 1 atom stereocenters. The quantitative estimate of drug-likeness (QED) is 0.818. The van der Waals surface area contributed by atoms with Crippen LogP contribution in [-0.2, 0) is 11.8 Å². The Hall–Kier alpha value is -1.85. The maximum absolute atomic E-state index is 11.9. The van der Waals surface area contributed by atoms with Crippen LogP contribution in [0.2, 0.25) is 0 Å². The first-order valence-electron chi connectivity index (χ1n) is 5.85. The number of carboxylic acid groups (broad SMARTS) is 1. The van der Waals surface area contributed by atoms with Crippen molar-refractivity contribution < 1.29 is 14.7 Å². The average Bonchev–Trinajstić information content (AvgIpc) is 2.56. The molecule has 0 spiro atoms. The van der Waals surface area contributed by atoms with Gasteiger partial charge in [-0.3, -0.25) is 9.48 Å². The van der Waals surface area contributed by atoms with Gasteiger partial charge < -0.3 is 10.4 Å². The zero-order valence-electron chi connectivity index (χ0n) is 11.1. The van der Waals surface area contributed by atoms with E-state index in [1.165, 1.54) is 4.68 Å². The highest BCUT2D eigenvalue weighted by Crippen LogP contribution is 2.08. The lowest BCUT2D eigenvalue weighted by molar-refractivity contribution is -0.139. The molecule has 18 heavy (non-hydrogen) atoms. The summed E-state index contributed by atoms with van der Waals surface area (Å²) in [6.07, 6.45) is 1.99. The second-order valence-electron chi connectivity index (χ2n) is 4.80. The van der Waals surface area contributed by atoms with E-state index < -0.39 is 17.9 Å². The van der Waals surface area contributed by atoms with Gasteiger partial charge in [-0.05, 0) is 19.3 Å². The van der Waals surface area contributed by atoms with Gasteiger partial charge in [0, 0.05) is 13.2 Å². The van der Waals surface area contributed by atoms with Crippen molar-refractivity contribution in [1.29, 1.82) is 0 Å². The Morgan fingerprint density at radius 3 is 2.50 bits per heavy atom. The zero-order chi connectivity index (χ0) is 13.9. The van der Waals surface area contributed by atoms with Crippen LogP contribution in [0.25, 0.3) is 0 Å². The van der Waals surface area contributed by atoms with E-state index in [-0.39, 0.29) is 5.92 Å². The molecule has 0 radical (unpaired) electrons. The molecule has 1 aromatic rings. The molecule has 0 aliphatic rings. The molecular weight excluding hydrogens is 234 g/mol. The Morgan fingerprint density at radius 2 is 2.11 bits per heavy atom. The van der Waals surface area contributed by atoms with E-state index in [1.807, 2.05) is 13.8 Å². The Kier molecular flexibility index (Phi) is 4.47. The predicted octanol–water partition coefficient (Wildman–Crippen LogP) is 0.958. The van der Waals surface area contributed by atoms with E-state index >= 15 is 0 Å². The molecule has 1 aromatic heterocycles. The van der Waals surface area contributed by atoms with Crippen molar-refractivity contribution in [2.24, 2.45) is 13.0 Å². The van der Waals surface area contributed by atoms with Gasteiger partial charge in [0.25, 0.3) is 5.91 Å². The monoisotopic (exact) mass is 253 g/mol. The molecule has 1 heterocycles. The summed E-state index contributed by atoms with van der Waals surface area (Å²) in [6, 6.07) is -0.864. The number of carbonyl (C=O) groups is 2. The largest absolute Gasteiger partial charge is 0.480 e. The maximum atomic E-state index is 11.9. The highest BCUT2D eigenvalue weighted by atomic mass is 16.4. The van der Waals surface area contributed by atoms with Crippen molar-refractivity contribution in [3.8, 4) is 0 Å². The minimum atomic E-state index is -1.02. The van der Waals surface area contributed by atoms with Gasteiger partial charge in [0.05, 0.1) is 11.3 Å². The van der Waals surface area contributed by atoms with Crippen molar-refractivity contribution >= 4 is 11.9 Å². The summed E-state index contributed by atoms with van der Waals surface area (Å²) in [5.74, 6) is -1.21. The van der Waals surface area contributed by atoms with Crippen LogP contribution in [0.1, 0.15) is 36.3 Å². The van der Waals surface area contributed by atoms with Gasteiger partial charge in [-0.25, -0.2) is 4.79 Å². The first-order chi connectivity index (χ1) is 8.31. The molecule has 0 saturated carbocycles. The summed E-state index contributed by atoms with van der Waals surface area (Å²) >= 11 is 0. The fraction of sp³-hybridized carbons (Fsp3) is 0.583. The Labute approximate surface area is 106 Å². The minimum Gasteiger partial charge on any atom is -0.480 e. The number of amides is 1. The first kappa shape index (κ1) is 14.2. The van der Waals surface area contributed by atoms with Gasteiger partial charge in [-0.2, -0.15) is 5.10 Å². The summed E-state index contributed by atoms with van der Waals surface area (Å²) < 4.78 is 1.53. The summed E-state index contributed by atoms with van der Waals surface area (Å²) in [5.41, 5.74) is 0.996. The number of aryl methyl sites for hydroxylation is 2. The van der Waals surface area contributed by atoms with E-state index in [9.17, 15) is 9.59 Å². The molecule has 1 rings (SSSR count). The second kappa shape index (κ2) is 5.66. The number of carbonyl (C=O) groups excluding carboxylic acids is 1.